The molecular weight excluding hydrogens is 202 g/mol. The zero-order chi connectivity index (χ0) is 11.8. The molecule has 0 aromatic carbocycles. The molecule has 0 bridgehead atoms. The highest BCUT2D eigenvalue weighted by atomic mass is 16.1. The molecule has 4 heteroatoms. The number of hydrogen-bond donors (Lipinski definition) is 2. The van der Waals surface area contributed by atoms with Crippen LogP contribution in [0.3, 0.4) is 0 Å². The Hall–Kier alpha value is -1.84. The summed E-state index contributed by atoms with van der Waals surface area (Å²) in [5, 5.41) is 5.83. The summed E-state index contributed by atoms with van der Waals surface area (Å²) in [6, 6.07) is 3.65. The Morgan fingerprint density at radius 2 is 2.38 bits per heavy atom. The van der Waals surface area contributed by atoms with E-state index < -0.39 is 0 Å². The van der Waals surface area contributed by atoms with E-state index >= 15 is 0 Å². The van der Waals surface area contributed by atoms with Crippen LogP contribution in [0.15, 0.2) is 31.0 Å². The van der Waals surface area contributed by atoms with E-state index in [0.29, 0.717) is 13.0 Å². The molecule has 0 spiro atoms. The van der Waals surface area contributed by atoms with Crippen LogP contribution in [0.5, 0.6) is 0 Å². The topological polar surface area (TPSA) is 54.0 Å². The van der Waals surface area contributed by atoms with Gasteiger partial charge in [0, 0.05) is 13.0 Å². The molecule has 0 atom stereocenters. The first-order chi connectivity index (χ1) is 7.76. The van der Waals surface area contributed by atoms with Gasteiger partial charge < -0.3 is 10.6 Å². The van der Waals surface area contributed by atoms with E-state index in [4.69, 9.17) is 0 Å². The SMILES string of the molecule is C=CCNc1ccc(NC(=O)CCC)cn1. The molecular formula is C12H17N3O. The van der Waals surface area contributed by atoms with Crippen molar-refractivity contribution in [1.82, 2.24) is 4.98 Å². The molecule has 16 heavy (non-hydrogen) atoms. The van der Waals surface area contributed by atoms with Gasteiger partial charge in [-0.2, -0.15) is 0 Å². The average molecular weight is 219 g/mol. The lowest BCUT2D eigenvalue weighted by Crippen LogP contribution is -2.11. The van der Waals surface area contributed by atoms with Crippen molar-refractivity contribution in [2.24, 2.45) is 0 Å². The maximum Gasteiger partial charge on any atom is 0.224 e. The second kappa shape index (κ2) is 6.61. The van der Waals surface area contributed by atoms with Crippen LogP contribution in [0.1, 0.15) is 19.8 Å². The van der Waals surface area contributed by atoms with Crippen molar-refractivity contribution in [2.75, 3.05) is 17.2 Å². The van der Waals surface area contributed by atoms with Crippen LogP contribution < -0.4 is 10.6 Å². The Bertz CT molecular complexity index is 346. The summed E-state index contributed by atoms with van der Waals surface area (Å²) >= 11 is 0. The van der Waals surface area contributed by atoms with Crippen LogP contribution >= 0.6 is 0 Å². The van der Waals surface area contributed by atoms with Crippen LogP contribution in [0, 0.1) is 0 Å². The van der Waals surface area contributed by atoms with Crippen molar-refractivity contribution in [1.29, 1.82) is 0 Å². The molecule has 1 amide bonds. The molecule has 0 radical (unpaired) electrons. The molecule has 0 saturated carbocycles. The van der Waals surface area contributed by atoms with E-state index in [2.05, 4.69) is 22.2 Å². The Kier molecular flexibility index (Phi) is 5.05. The smallest absolute Gasteiger partial charge is 0.224 e. The second-order valence-corrected chi connectivity index (χ2v) is 3.40. The van der Waals surface area contributed by atoms with Crippen LogP contribution in [-0.4, -0.2) is 17.4 Å². The molecule has 0 aliphatic heterocycles. The molecule has 1 aromatic rings. The minimum absolute atomic E-state index is 0.0242. The number of amides is 1. The predicted octanol–water partition coefficient (Wildman–Crippen LogP) is 2.42. The molecule has 2 N–H and O–H groups in total. The van der Waals surface area contributed by atoms with Gasteiger partial charge in [-0.3, -0.25) is 4.79 Å². The summed E-state index contributed by atoms with van der Waals surface area (Å²) in [6.07, 6.45) is 4.78. The van der Waals surface area contributed by atoms with E-state index in [0.717, 1.165) is 17.9 Å². The summed E-state index contributed by atoms with van der Waals surface area (Å²) in [7, 11) is 0. The lowest BCUT2D eigenvalue weighted by molar-refractivity contribution is -0.116. The van der Waals surface area contributed by atoms with E-state index in [1.54, 1.807) is 12.3 Å². The number of nitrogens with zero attached hydrogens (tertiary/aromatic N) is 1. The van der Waals surface area contributed by atoms with E-state index in [9.17, 15) is 4.79 Å². The Labute approximate surface area is 95.8 Å². The monoisotopic (exact) mass is 219 g/mol. The predicted molar refractivity (Wildman–Crippen MR) is 66.5 cm³/mol. The Morgan fingerprint density at radius 1 is 1.56 bits per heavy atom. The van der Waals surface area contributed by atoms with Crippen molar-refractivity contribution in [2.45, 2.75) is 19.8 Å². The van der Waals surface area contributed by atoms with Gasteiger partial charge in [0.2, 0.25) is 5.91 Å². The molecule has 1 rings (SSSR count). The molecule has 1 aromatic heterocycles. The third-order valence-electron chi connectivity index (χ3n) is 1.95. The Balaban J connectivity index is 2.50. The van der Waals surface area contributed by atoms with Gasteiger partial charge in [-0.05, 0) is 18.6 Å². The zero-order valence-electron chi connectivity index (χ0n) is 9.49. The number of carbonyl (C=O) groups is 1. The van der Waals surface area contributed by atoms with E-state index in [1.807, 2.05) is 19.1 Å². The van der Waals surface area contributed by atoms with E-state index in [-0.39, 0.29) is 5.91 Å². The maximum absolute atomic E-state index is 11.3. The third-order valence-corrected chi connectivity index (χ3v) is 1.95. The van der Waals surface area contributed by atoms with Gasteiger partial charge >= 0.3 is 0 Å². The quantitative estimate of drug-likeness (QED) is 0.722. The van der Waals surface area contributed by atoms with Gasteiger partial charge in [-0.25, -0.2) is 4.98 Å². The molecule has 86 valence electrons. The summed E-state index contributed by atoms with van der Waals surface area (Å²) in [5.41, 5.74) is 0.725. The largest absolute Gasteiger partial charge is 0.367 e. The van der Waals surface area contributed by atoms with Crippen molar-refractivity contribution in [3.63, 3.8) is 0 Å². The number of rotatable bonds is 6. The van der Waals surface area contributed by atoms with E-state index in [1.165, 1.54) is 0 Å². The average Bonchev–Trinajstić information content (AvgIpc) is 2.28. The molecule has 1 heterocycles. The molecule has 0 saturated heterocycles. The second-order valence-electron chi connectivity index (χ2n) is 3.40. The van der Waals surface area contributed by atoms with Crippen molar-refractivity contribution < 1.29 is 4.79 Å². The van der Waals surface area contributed by atoms with Gasteiger partial charge in [0.1, 0.15) is 5.82 Å². The molecule has 0 aliphatic rings. The van der Waals surface area contributed by atoms with Gasteiger partial charge in [0.25, 0.3) is 0 Å². The summed E-state index contributed by atoms with van der Waals surface area (Å²) in [6.45, 7) is 6.25. The molecule has 0 unspecified atom stereocenters. The van der Waals surface area contributed by atoms with Gasteiger partial charge in [0.15, 0.2) is 0 Å². The molecule has 4 nitrogen and oxygen atoms in total. The third kappa shape index (κ3) is 4.13. The highest BCUT2D eigenvalue weighted by molar-refractivity contribution is 5.90. The van der Waals surface area contributed by atoms with Crippen LogP contribution in [0.25, 0.3) is 0 Å². The fourth-order valence-electron chi connectivity index (χ4n) is 1.20. The summed E-state index contributed by atoms with van der Waals surface area (Å²) in [4.78, 5) is 15.5. The number of aromatic nitrogens is 1. The summed E-state index contributed by atoms with van der Waals surface area (Å²) in [5.74, 6) is 0.796. The summed E-state index contributed by atoms with van der Waals surface area (Å²) < 4.78 is 0. The minimum atomic E-state index is 0.0242. The highest BCUT2D eigenvalue weighted by Crippen LogP contribution is 2.09. The number of anilines is 2. The fraction of sp³-hybridized carbons (Fsp3) is 0.333. The Morgan fingerprint density at radius 3 is 2.94 bits per heavy atom. The first-order valence-corrected chi connectivity index (χ1v) is 5.37. The number of carbonyl (C=O) groups excluding carboxylic acids is 1. The van der Waals surface area contributed by atoms with Gasteiger partial charge in [0.05, 0.1) is 11.9 Å². The number of hydrogen-bond acceptors (Lipinski definition) is 3. The zero-order valence-corrected chi connectivity index (χ0v) is 9.49. The first kappa shape index (κ1) is 12.2. The van der Waals surface area contributed by atoms with Crippen molar-refractivity contribution in [3.05, 3.63) is 31.0 Å². The lowest BCUT2D eigenvalue weighted by atomic mass is 10.3. The first-order valence-electron chi connectivity index (χ1n) is 5.37. The highest BCUT2D eigenvalue weighted by Gasteiger charge is 2.00. The standard InChI is InChI=1S/C12H17N3O/c1-3-5-12(16)15-10-6-7-11(14-9-10)13-8-4-2/h4,6-7,9H,2-3,5,8H2,1H3,(H,13,14)(H,15,16). The normalized spacial score (nSPS) is 9.56. The fourth-order valence-corrected chi connectivity index (χ4v) is 1.20. The molecule has 0 fully saturated rings. The number of pyridine rings is 1. The van der Waals surface area contributed by atoms with Gasteiger partial charge in [-0.1, -0.05) is 13.0 Å². The number of nitrogens with one attached hydrogen (secondary N) is 2. The van der Waals surface area contributed by atoms with Crippen LogP contribution in [-0.2, 0) is 4.79 Å². The van der Waals surface area contributed by atoms with Crippen LogP contribution in [0.2, 0.25) is 0 Å². The molecule has 0 aliphatic carbocycles. The minimum Gasteiger partial charge on any atom is -0.367 e. The van der Waals surface area contributed by atoms with Crippen LogP contribution in [0.4, 0.5) is 11.5 Å². The maximum atomic E-state index is 11.3. The van der Waals surface area contributed by atoms with Gasteiger partial charge in [-0.15, -0.1) is 6.58 Å². The van der Waals surface area contributed by atoms with Crippen molar-refractivity contribution >= 4 is 17.4 Å². The van der Waals surface area contributed by atoms with Crippen molar-refractivity contribution in [3.8, 4) is 0 Å². The lowest BCUT2D eigenvalue weighted by Gasteiger charge is -2.05.